The topological polar surface area (TPSA) is 51.8 Å². The van der Waals surface area contributed by atoms with Gasteiger partial charge < -0.3 is 15.1 Å². The molecule has 0 saturated carbocycles. The van der Waals surface area contributed by atoms with Crippen molar-refractivity contribution in [2.24, 2.45) is 0 Å². The number of aromatic nitrogens is 2. The lowest BCUT2D eigenvalue weighted by molar-refractivity contribution is 0.270. The minimum absolute atomic E-state index is 0.0737. The van der Waals surface area contributed by atoms with Crippen LogP contribution in [-0.2, 0) is 5.41 Å². The number of rotatable bonds is 5. The van der Waals surface area contributed by atoms with E-state index >= 15 is 0 Å². The summed E-state index contributed by atoms with van der Waals surface area (Å²) in [6.07, 6.45) is 5.60. The quantitative estimate of drug-likeness (QED) is 0.709. The van der Waals surface area contributed by atoms with Crippen molar-refractivity contribution < 1.29 is 5.11 Å². The molecular formula is C13H18N2O. The Hall–Kier alpha value is -1.48. The maximum absolute atomic E-state index is 9.00. The third-order valence-corrected chi connectivity index (χ3v) is 3.22. The largest absolute Gasteiger partial charge is 0.396 e. The van der Waals surface area contributed by atoms with Gasteiger partial charge >= 0.3 is 0 Å². The van der Waals surface area contributed by atoms with Crippen LogP contribution in [0.25, 0.3) is 0 Å². The van der Waals surface area contributed by atoms with E-state index in [1.165, 1.54) is 11.4 Å². The summed E-state index contributed by atoms with van der Waals surface area (Å²) < 4.78 is 0. The van der Waals surface area contributed by atoms with E-state index in [0.717, 1.165) is 12.8 Å². The summed E-state index contributed by atoms with van der Waals surface area (Å²) in [5, 5.41) is 9.00. The van der Waals surface area contributed by atoms with Crippen LogP contribution in [0.2, 0.25) is 0 Å². The number of nitrogens with one attached hydrogen (secondary N) is 2. The smallest absolute Gasteiger partial charge is 0.0476 e. The lowest BCUT2D eigenvalue weighted by atomic mass is 9.79. The molecule has 0 radical (unpaired) electrons. The fourth-order valence-corrected chi connectivity index (χ4v) is 2.19. The molecule has 2 heterocycles. The Morgan fingerprint density at radius 1 is 1.12 bits per heavy atom. The number of hydrogen-bond donors (Lipinski definition) is 3. The highest BCUT2D eigenvalue weighted by Crippen LogP contribution is 2.34. The van der Waals surface area contributed by atoms with Crippen LogP contribution in [0.15, 0.2) is 36.7 Å². The van der Waals surface area contributed by atoms with E-state index in [0.29, 0.717) is 0 Å². The van der Waals surface area contributed by atoms with Gasteiger partial charge in [-0.25, -0.2) is 0 Å². The fraction of sp³-hybridized carbons (Fsp3) is 0.385. The first-order chi connectivity index (χ1) is 7.77. The summed E-state index contributed by atoms with van der Waals surface area (Å²) in [5.41, 5.74) is 2.29. The molecule has 0 fully saturated rings. The maximum Gasteiger partial charge on any atom is 0.0476 e. The lowest BCUT2D eigenvalue weighted by Gasteiger charge is -2.27. The zero-order valence-corrected chi connectivity index (χ0v) is 9.53. The highest BCUT2D eigenvalue weighted by Gasteiger charge is 2.30. The van der Waals surface area contributed by atoms with Gasteiger partial charge in [0.05, 0.1) is 0 Å². The molecule has 0 atom stereocenters. The molecule has 0 aliphatic carbocycles. The molecule has 3 nitrogen and oxygen atoms in total. The molecule has 0 saturated heterocycles. The summed E-state index contributed by atoms with van der Waals surface area (Å²) >= 11 is 0. The van der Waals surface area contributed by atoms with Gasteiger partial charge in [0.15, 0.2) is 0 Å². The Labute approximate surface area is 95.5 Å². The maximum atomic E-state index is 9.00. The van der Waals surface area contributed by atoms with Crippen LogP contribution in [0, 0.1) is 0 Å². The number of aliphatic hydroxyl groups excluding tert-OH is 1. The van der Waals surface area contributed by atoms with Gasteiger partial charge in [-0.2, -0.15) is 0 Å². The fourth-order valence-electron chi connectivity index (χ4n) is 2.19. The Bertz CT molecular complexity index is 369. The highest BCUT2D eigenvalue weighted by molar-refractivity contribution is 5.30. The molecular weight excluding hydrogens is 200 g/mol. The summed E-state index contributed by atoms with van der Waals surface area (Å²) in [7, 11) is 0. The van der Waals surface area contributed by atoms with Crippen molar-refractivity contribution in [1.29, 1.82) is 0 Å². The van der Waals surface area contributed by atoms with Gasteiger partial charge in [-0.1, -0.05) is 0 Å². The van der Waals surface area contributed by atoms with Crippen molar-refractivity contribution in [3.05, 3.63) is 48.0 Å². The molecule has 0 aliphatic rings. The average molecular weight is 218 g/mol. The number of aromatic amines is 2. The second kappa shape index (κ2) is 4.58. The van der Waals surface area contributed by atoms with Crippen molar-refractivity contribution in [2.75, 3.05) is 6.61 Å². The lowest BCUT2D eigenvalue weighted by Crippen LogP contribution is -2.25. The number of aliphatic hydroxyl groups is 1. The minimum Gasteiger partial charge on any atom is -0.396 e. The van der Waals surface area contributed by atoms with Gasteiger partial charge in [0, 0.05) is 35.8 Å². The third kappa shape index (κ3) is 1.91. The van der Waals surface area contributed by atoms with E-state index in [-0.39, 0.29) is 12.0 Å². The molecule has 0 bridgehead atoms. The molecule has 0 spiro atoms. The van der Waals surface area contributed by atoms with Gasteiger partial charge in [-0.3, -0.25) is 0 Å². The van der Waals surface area contributed by atoms with E-state index in [2.05, 4.69) is 29.0 Å². The summed E-state index contributed by atoms with van der Waals surface area (Å²) in [5.74, 6) is 0. The number of hydrogen-bond acceptors (Lipinski definition) is 1. The van der Waals surface area contributed by atoms with Crippen molar-refractivity contribution in [3.63, 3.8) is 0 Å². The summed E-state index contributed by atoms with van der Waals surface area (Å²) in [6, 6.07) is 8.21. The van der Waals surface area contributed by atoms with Gasteiger partial charge in [-0.05, 0) is 44.0 Å². The monoisotopic (exact) mass is 218 g/mol. The predicted molar refractivity (Wildman–Crippen MR) is 64.4 cm³/mol. The van der Waals surface area contributed by atoms with Crippen molar-refractivity contribution in [3.8, 4) is 0 Å². The van der Waals surface area contributed by atoms with Gasteiger partial charge in [0.1, 0.15) is 0 Å². The first-order valence-corrected chi connectivity index (χ1v) is 5.66. The van der Waals surface area contributed by atoms with Crippen molar-refractivity contribution in [1.82, 2.24) is 9.97 Å². The second-order valence-corrected chi connectivity index (χ2v) is 4.33. The van der Waals surface area contributed by atoms with Gasteiger partial charge in [0.25, 0.3) is 0 Å². The van der Waals surface area contributed by atoms with Crippen LogP contribution in [0.4, 0.5) is 0 Å². The molecule has 86 valence electrons. The Morgan fingerprint density at radius 2 is 1.69 bits per heavy atom. The molecule has 0 unspecified atom stereocenters. The highest BCUT2D eigenvalue weighted by atomic mass is 16.2. The van der Waals surface area contributed by atoms with Crippen LogP contribution in [0.3, 0.4) is 0 Å². The molecule has 0 aliphatic heterocycles. The Balaban J connectivity index is 2.33. The van der Waals surface area contributed by atoms with Crippen molar-refractivity contribution in [2.45, 2.75) is 25.2 Å². The Kier molecular flexibility index (Phi) is 3.15. The number of H-pyrrole nitrogens is 2. The molecule has 16 heavy (non-hydrogen) atoms. The molecule has 0 aromatic carbocycles. The minimum atomic E-state index is -0.0737. The normalized spacial score (nSPS) is 11.9. The SMILES string of the molecule is CC(CCCO)(c1ccc[nH]1)c1ccc[nH]1. The predicted octanol–water partition coefficient (Wildman–Crippen LogP) is 2.42. The summed E-state index contributed by atoms with van der Waals surface area (Å²) in [6.45, 7) is 2.43. The standard InChI is InChI=1S/C13H18N2O/c1-13(7-4-10-16,11-5-2-8-14-11)12-6-3-9-15-12/h2-3,5-6,8-9,14-16H,4,7,10H2,1H3. The molecule has 2 aromatic rings. The van der Waals surface area contributed by atoms with E-state index < -0.39 is 0 Å². The molecule has 2 aromatic heterocycles. The first-order valence-electron chi connectivity index (χ1n) is 5.66. The zero-order valence-electron chi connectivity index (χ0n) is 9.53. The van der Waals surface area contributed by atoms with E-state index in [4.69, 9.17) is 5.11 Å². The molecule has 0 amide bonds. The van der Waals surface area contributed by atoms with Gasteiger partial charge in [0.2, 0.25) is 0 Å². The van der Waals surface area contributed by atoms with Crippen LogP contribution in [-0.4, -0.2) is 21.7 Å². The molecule has 3 N–H and O–H groups in total. The zero-order chi connectivity index (χ0) is 11.4. The van der Waals surface area contributed by atoms with Crippen LogP contribution in [0.1, 0.15) is 31.2 Å². The van der Waals surface area contributed by atoms with E-state index in [1.807, 2.05) is 24.5 Å². The van der Waals surface area contributed by atoms with Crippen LogP contribution in [0.5, 0.6) is 0 Å². The molecule has 3 heteroatoms. The first kappa shape index (κ1) is 11.0. The van der Waals surface area contributed by atoms with Crippen LogP contribution >= 0.6 is 0 Å². The second-order valence-electron chi connectivity index (χ2n) is 4.33. The third-order valence-electron chi connectivity index (χ3n) is 3.22. The van der Waals surface area contributed by atoms with E-state index in [1.54, 1.807) is 0 Å². The summed E-state index contributed by atoms with van der Waals surface area (Å²) in [4.78, 5) is 6.55. The average Bonchev–Trinajstić information content (AvgIpc) is 2.96. The van der Waals surface area contributed by atoms with E-state index in [9.17, 15) is 0 Å². The van der Waals surface area contributed by atoms with Crippen molar-refractivity contribution >= 4 is 0 Å². The van der Waals surface area contributed by atoms with Crippen LogP contribution < -0.4 is 0 Å². The molecule has 2 rings (SSSR count). The Morgan fingerprint density at radius 3 is 2.06 bits per heavy atom. The van der Waals surface area contributed by atoms with Gasteiger partial charge in [-0.15, -0.1) is 0 Å².